The van der Waals surface area contributed by atoms with Crippen molar-refractivity contribution < 1.29 is 16.7 Å². The maximum atomic E-state index is 12.6. The maximum absolute atomic E-state index is 12.6. The topological polar surface area (TPSA) is 103 Å². The van der Waals surface area contributed by atoms with Gasteiger partial charge in [-0.05, 0) is 0 Å². The van der Waals surface area contributed by atoms with Gasteiger partial charge in [0.2, 0.25) is 0 Å². The van der Waals surface area contributed by atoms with Gasteiger partial charge < -0.3 is 0 Å². The Kier molecular flexibility index (Phi) is 5.66. The van der Waals surface area contributed by atoms with Crippen molar-refractivity contribution in [3.05, 3.63) is 53.6 Å². The number of azo groups is 1. The number of para-hydroxylation sites is 1. The third-order valence-corrected chi connectivity index (χ3v) is 7.19. The summed E-state index contributed by atoms with van der Waals surface area (Å²) in [5, 5.41) is 7.24. The molecule has 11 heteroatoms. The van der Waals surface area contributed by atoms with E-state index in [1.54, 1.807) is 30.3 Å². The second kappa shape index (κ2) is 7.64. The molecule has 0 bridgehead atoms. The van der Waals surface area contributed by atoms with Gasteiger partial charge in [-0.2, -0.15) is 0 Å². The third kappa shape index (κ3) is 3.93. The molecule has 2 N–H and O–H groups in total. The number of amides is 1. The zero-order valence-electron chi connectivity index (χ0n) is 12.9. The molecule has 0 radical (unpaired) electrons. The van der Waals surface area contributed by atoms with Gasteiger partial charge in [0.25, 0.3) is 0 Å². The molecular formula is C15H11AsClN3O4S2. The van der Waals surface area contributed by atoms with Gasteiger partial charge >= 0.3 is 166 Å². The van der Waals surface area contributed by atoms with Crippen molar-refractivity contribution in [3.63, 3.8) is 0 Å². The number of rotatable bonds is 4. The average molecular weight is 472 g/mol. The molecule has 1 heterocycles. The van der Waals surface area contributed by atoms with Gasteiger partial charge in [-0.3, -0.25) is 0 Å². The molecule has 1 amide bonds. The molecule has 2 aromatic carbocycles. The first-order valence-electron chi connectivity index (χ1n) is 7.14. The van der Waals surface area contributed by atoms with E-state index in [1.807, 2.05) is 0 Å². The van der Waals surface area contributed by atoms with E-state index in [0.29, 0.717) is 10.7 Å². The molecule has 0 saturated carbocycles. The summed E-state index contributed by atoms with van der Waals surface area (Å²) in [5.74, 6) is -0.420. The number of carbonyl (C=O) groups excluding carboxylic acids is 1. The fourth-order valence-corrected chi connectivity index (χ4v) is 5.16. The van der Waals surface area contributed by atoms with Crippen LogP contribution in [0.5, 0.6) is 0 Å². The van der Waals surface area contributed by atoms with Crippen LogP contribution < -0.4 is 9.25 Å². The monoisotopic (exact) mass is 471 g/mol. The molecule has 26 heavy (non-hydrogen) atoms. The molecule has 1 aliphatic heterocycles. The van der Waals surface area contributed by atoms with E-state index in [9.17, 15) is 16.7 Å². The summed E-state index contributed by atoms with van der Waals surface area (Å²) in [7, 11) is 0. The second-order valence-electron chi connectivity index (χ2n) is 5.11. The molecule has 3 rings (SSSR count). The Morgan fingerprint density at radius 3 is 2.50 bits per heavy atom. The Labute approximate surface area is 166 Å². The van der Waals surface area contributed by atoms with Crippen LogP contribution in [0.3, 0.4) is 0 Å². The van der Waals surface area contributed by atoms with Gasteiger partial charge in [-0.15, -0.1) is 0 Å². The third-order valence-electron chi connectivity index (χ3n) is 3.39. The van der Waals surface area contributed by atoms with Crippen LogP contribution >= 0.6 is 35.6 Å². The molecule has 7 nitrogen and oxygen atoms in total. The van der Waals surface area contributed by atoms with Crippen LogP contribution in [0.2, 0.25) is 5.02 Å². The van der Waals surface area contributed by atoms with Crippen LogP contribution in [0, 0.1) is 0 Å². The zero-order valence-corrected chi connectivity index (χ0v) is 17.2. The van der Waals surface area contributed by atoms with E-state index in [-0.39, 0.29) is 14.4 Å². The van der Waals surface area contributed by atoms with Crippen LogP contribution in [-0.2, 0) is 8.53 Å². The normalized spacial score (nSPS) is 18.1. The van der Waals surface area contributed by atoms with Crippen LogP contribution in [0.15, 0.2) is 58.8 Å². The number of benzene rings is 2. The minimum atomic E-state index is -5.16. The van der Waals surface area contributed by atoms with Crippen molar-refractivity contribution >= 4 is 75.7 Å². The summed E-state index contributed by atoms with van der Waals surface area (Å²) in [6.07, 6.45) is 0. The molecule has 2 aromatic rings. The van der Waals surface area contributed by atoms with Crippen LogP contribution in [0.1, 0.15) is 0 Å². The van der Waals surface area contributed by atoms with E-state index in [2.05, 4.69) is 10.2 Å². The molecule has 1 fully saturated rings. The predicted molar refractivity (Wildman–Crippen MR) is 104 cm³/mol. The number of thiocarbonyl (C=S) groups is 1. The molecule has 0 aliphatic carbocycles. The first-order valence-corrected chi connectivity index (χ1v) is 12.2. The summed E-state index contributed by atoms with van der Waals surface area (Å²) in [6, 6.07) is 12.6. The van der Waals surface area contributed by atoms with E-state index >= 15 is 0 Å². The van der Waals surface area contributed by atoms with Crippen LogP contribution in [-0.4, -0.2) is 38.0 Å². The van der Waals surface area contributed by atoms with Crippen LogP contribution in [0.4, 0.5) is 11.4 Å². The molecule has 0 spiro atoms. The Bertz CT molecular complexity index is 965. The SMILES string of the molecule is O=C1C(N=Nc2ccccc2[As](=O)(O)O)SC(=S)N1c1ccccc1Cl. The van der Waals surface area contributed by atoms with E-state index in [1.165, 1.54) is 23.1 Å². The van der Waals surface area contributed by atoms with Crippen molar-refractivity contribution in [2.24, 2.45) is 10.2 Å². The van der Waals surface area contributed by atoms with Crippen molar-refractivity contribution in [1.29, 1.82) is 0 Å². The predicted octanol–water partition coefficient (Wildman–Crippen LogP) is 2.38. The Morgan fingerprint density at radius 1 is 1.15 bits per heavy atom. The van der Waals surface area contributed by atoms with E-state index in [0.717, 1.165) is 11.8 Å². The summed E-state index contributed by atoms with van der Waals surface area (Å²) < 4.78 is 30.5. The zero-order chi connectivity index (χ0) is 18.9. The van der Waals surface area contributed by atoms with Gasteiger partial charge in [0.1, 0.15) is 0 Å². The number of thioether (sulfide) groups is 1. The first-order chi connectivity index (χ1) is 12.3. The average Bonchev–Trinajstić information content (AvgIpc) is 2.87. The number of nitrogens with zero attached hydrogens (tertiary/aromatic N) is 3. The van der Waals surface area contributed by atoms with Gasteiger partial charge in [0, 0.05) is 0 Å². The van der Waals surface area contributed by atoms with Gasteiger partial charge in [-0.1, -0.05) is 0 Å². The minimum absolute atomic E-state index is 0.0236. The fraction of sp³-hybridized carbons (Fsp3) is 0.0667. The van der Waals surface area contributed by atoms with Gasteiger partial charge in [0.05, 0.1) is 0 Å². The van der Waals surface area contributed by atoms with Crippen molar-refractivity contribution in [2.75, 3.05) is 4.90 Å². The number of hydrogen-bond acceptors (Lipinski definition) is 6. The molecule has 134 valence electrons. The first kappa shape index (κ1) is 19.3. The van der Waals surface area contributed by atoms with Gasteiger partial charge in [0.15, 0.2) is 0 Å². The number of carbonyl (C=O) groups is 1. The Morgan fingerprint density at radius 2 is 1.81 bits per heavy atom. The number of halogens is 1. The molecule has 1 aliphatic rings. The van der Waals surface area contributed by atoms with Crippen LogP contribution in [0.25, 0.3) is 0 Å². The summed E-state index contributed by atoms with van der Waals surface area (Å²) in [5.41, 5.74) is 0.476. The molecule has 1 atom stereocenters. The number of hydrogen-bond donors (Lipinski definition) is 2. The quantitative estimate of drug-likeness (QED) is 0.403. The molecule has 0 aromatic heterocycles. The molecule has 1 saturated heterocycles. The van der Waals surface area contributed by atoms with E-state index < -0.39 is 25.5 Å². The standard InChI is InChI=1S/C15H11AsClN3O4S2/c17-10-6-2-4-8-12(10)20-14(21)13(26-15(20)25)19-18-11-7-3-1-5-9(11)16(22,23)24/h1-8,13H,(H2,22,23,24). The number of anilines is 1. The van der Waals surface area contributed by atoms with Crippen molar-refractivity contribution in [1.82, 2.24) is 0 Å². The second-order valence-corrected chi connectivity index (χ2v) is 10.5. The van der Waals surface area contributed by atoms with E-state index in [4.69, 9.17) is 23.8 Å². The van der Waals surface area contributed by atoms with Crippen molar-refractivity contribution in [3.8, 4) is 0 Å². The summed E-state index contributed by atoms with van der Waals surface area (Å²) in [6.45, 7) is 0. The summed E-state index contributed by atoms with van der Waals surface area (Å²) >= 11 is 7.22. The van der Waals surface area contributed by atoms with Gasteiger partial charge in [-0.25, -0.2) is 0 Å². The molecular weight excluding hydrogens is 461 g/mol. The van der Waals surface area contributed by atoms with Crippen molar-refractivity contribution in [2.45, 2.75) is 5.37 Å². The fourth-order valence-electron chi connectivity index (χ4n) is 2.23. The molecule has 1 unspecified atom stereocenters. The Hall–Kier alpha value is -1.48. The summed E-state index contributed by atoms with van der Waals surface area (Å²) in [4.78, 5) is 13.9. The Balaban J connectivity index is 1.88.